The Hall–Kier alpha value is -0.236. The van der Waals surface area contributed by atoms with E-state index >= 15 is 0 Å². The maximum Gasteiger partial charge on any atom is 0.192 e. The Morgan fingerprint density at radius 1 is 0.923 bits per heavy atom. The summed E-state index contributed by atoms with van der Waals surface area (Å²) in [5, 5.41) is 0.279. The van der Waals surface area contributed by atoms with Crippen LogP contribution in [0.5, 0.6) is 0 Å². The van der Waals surface area contributed by atoms with Gasteiger partial charge in [-0.3, -0.25) is 0 Å². The summed E-state index contributed by atoms with van der Waals surface area (Å²) < 4.78 is 13.1. The van der Waals surface area contributed by atoms with Gasteiger partial charge in [0, 0.05) is 6.61 Å². The van der Waals surface area contributed by atoms with Crippen LogP contribution in [0.3, 0.4) is 0 Å². The van der Waals surface area contributed by atoms with Crippen LogP contribution in [0.25, 0.3) is 0 Å². The molecule has 0 aliphatic rings. The van der Waals surface area contributed by atoms with Crippen molar-refractivity contribution in [2.24, 2.45) is 5.41 Å². The lowest BCUT2D eigenvalue weighted by atomic mass is 9.81. The molecule has 26 heavy (non-hydrogen) atoms. The van der Waals surface area contributed by atoms with Gasteiger partial charge in [-0.2, -0.15) is 0 Å². The number of allylic oxidation sites excluding steroid dienone is 1. The van der Waals surface area contributed by atoms with E-state index in [9.17, 15) is 4.79 Å². The Morgan fingerprint density at radius 2 is 1.38 bits per heavy atom. The fourth-order valence-corrected chi connectivity index (χ4v) is 4.77. The van der Waals surface area contributed by atoms with Crippen LogP contribution in [0.2, 0.25) is 36.3 Å². The minimum absolute atomic E-state index is 0.101. The first-order valence-corrected chi connectivity index (χ1v) is 15.6. The number of carbonyl (C=O) groups is 1. The van der Waals surface area contributed by atoms with Gasteiger partial charge in [0.15, 0.2) is 16.6 Å². The molecule has 2 atom stereocenters. The summed E-state index contributed by atoms with van der Waals surface area (Å²) in [6.45, 7) is 28.9. The average molecular weight is 401 g/mol. The summed E-state index contributed by atoms with van der Waals surface area (Å²) in [5.74, 6) is 0. The Morgan fingerprint density at radius 3 is 1.73 bits per heavy atom. The molecule has 0 saturated carbocycles. The van der Waals surface area contributed by atoms with Crippen molar-refractivity contribution in [3.63, 3.8) is 0 Å². The molecule has 0 saturated heterocycles. The summed E-state index contributed by atoms with van der Waals surface area (Å²) in [6.07, 6.45) is 4.09. The number of carbonyl (C=O) groups excluding carboxylic acids is 1. The third kappa shape index (κ3) is 6.73. The van der Waals surface area contributed by atoms with Gasteiger partial charge in [-0.15, -0.1) is 6.58 Å². The second-order valence-electron chi connectivity index (χ2n) is 10.9. The summed E-state index contributed by atoms with van der Waals surface area (Å²) in [7, 11) is -3.80. The molecule has 5 heteroatoms. The molecule has 3 nitrogen and oxygen atoms in total. The predicted molar refractivity (Wildman–Crippen MR) is 119 cm³/mol. The Balaban J connectivity index is 5.43. The van der Waals surface area contributed by atoms with Crippen molar-refractivity contribution in [3.05, 3.63) is 12.7 Å². The largest absolute Gasteiger partial charge is 0.417 e. The van der Waals surface area contributed by atoms with E-state index in [1.54, 1.807) is 0 Å². The van der Waals surface area contributed by atoms with Crippen molar-refractivity contribution in [2.45, 2.75) is 104 Å². The zero-order valence-electron chi connectivity index (χ0n) is 19.3. The molecule has 0 rings (SSSR count). The van der Waals surface area contributed by atoms with Crippen LogP contribution in [-0.4, -0.2) is 35.6 Å². The van der Waals surface area contributed by atoms with Crippen LogP contribution in [0, 0.1) is 5.41 Å². The van der Waals surface area contributed by atoms with Crippen LogP contribution in [0.1, 0.15) is 61.3 Å². The smallest absolute Gasteiger partial charge is 0.192 e. The maximum atomic E-state index is 12.0. The topological polar surface area (TPSA) is 35.5 Å². The Labute approximate surface area is 165 Å². The van der Waals surface area contributed by atoms with Gasteiger partial charge in [0.2, 0.25) is 0 Å². The van der Waals surface area contributed by atoms with Crippen molar-refractivity contribution >= 4 is 22.9 Å². The highest BCUT2D eigenvalue weighted by Crippen LogP contribution is 2.41. The Kier molecular flexibility index (Phi) is 8.76. The van der Waals surface area contributed by atoms with Crippen molar-refractivity contribution < 1.29 is 13.6 Å². The molecule has 154 valence electrons. The SMILES string of the molecule is C=CCC(C)(C=O)[C@H](CCO[Si](C)(C)C(C)(C)C)O[Si](C)(C)C(C)(C)C. The highest BCUT2D eigenvalue weighted by atomic mass is 28.4. The normalized spacial score (nSPS) is 17.5. The van der Waals surface area contributed by atoms with E-state index in [4.69, 9.17) is 8.85 Å². The summed E-state index contributed by atoms with van der Waals surface area (Å²) >= 11 is 0. The molecule has 0 aliphatic heterocycles. The van der Waals surface area contributed by atoms with Crippen LogP contribution in [0.4, 0.5) is 0 Å². The highest BCUT2D eigenvalue weighted by molar-refractivity contribution is 6.74. The summed E-state index contributed by atoms with van der Waals surface area (Å²) in [4.78, 5) is 12.0. The second kappa shape index (κ2) is 8.84. The molecule has 0 aromatic carbocycles. The molecule has 0 N–H and O–H groups in total. The van der Waals surface area contributed by atoms with E-state index < -0.39 is 22.0 Å². The van der Waals surface area contributed by atoms with Gasteiger partial charge in [0.05, 0.1) is 11.5 Å². The molecule has 0 aliphatic carbocycles. The number of rotatable bonds is 10. The van der Waals surface area contributed by atoms with Gasteiger partial charge in [0.25, 0.3) is 0 Å². The molecule has 0 radical (unpaired) electrons. The van der Waals surface area contributed by atoms with Gasteiger partial charge in [0.1, 0.15) is 6.29 Å². The minimum Gasteiger partial charge on any atom is -0.417 e. The van der Waals surface area contributed by atoms with Crippen LogP contribution >= 0.6 is 0 Å². The zero-order chi connectivity index (χ0) is 21.0. The van der Waals surface area contributed by atoms with Crippen molar-refractivity contribution in [1.29, 1.82) is 0 Å². The predicted octanol–water partition coefficient (Wildman–Crippen LogP) is 6.57. The first kappa shape index (κ1) is 25.8. The van der Waals surface area contributed by atoms with Gasteiger partial charge >= 0.3 is 0 Å². The van der Waals surface area contributed by atoms with Gasteiger partial charge in [-0.25, -0.2) is 0 Å². The Bertz CT molecular complexity index is 473. The van der Waals surface area contributed by atoms with Crippen molar-refractivity contribution in [1.82, 2.24) is 0 Å². The standard InChI is InChI=1S/C21H44O3Si2/c1-13-15-21(8,17-22)18(24-26(11,12)20(5,6)7)14-16-23-25(9,10)19(2,3)4/h13,17-18H,1,14-16H2,2-12H3/t18-,21?/m0/s1. The van der Waals surface area contributed by atoms with E-state index in [2.05, 4.69) is 74.3 Å². The molecule has 0 aromatic rings. The van der Waals surface area contributed by atoms with E-state index in [-0.39, 0.29) is 16.2 Å². The molecular formula is C21H44O3Si2. The lowest BCUT2D eigenvalue weighted by molar-refractivity contribution is -0.121. The van der Waals surface area contributed by atoms with Crippen LogP contribution in [-0.2, 0) is 13.6 Å². The number of hydrogen-bond acceptors (Lipinski definition) is 3. The lowest BCUT2D eigenvalue weighted by Crippen LogP contribution is -2.50. The molecule has 1 unspecified atom stereocenters. The third-order valence-corrected chi connectivity index (χ3v) is 15.5. The number of hydrogen-bond donors (Lipinski definition) is 0. The minimum atomic E-state index is -1.99. The van der Waals surface area contributed by atoms with E-state index in [0.29, 0.717) is 13.0 Å². The number of aldehydes is 1. The molecule has 0 bridgehead atoms. The van der Waals surface area contributed by atoms with Crippen molar-refractivity contribution in [3.8, 4) is 0 Å². The van der Waals surface area contributed by atoms with Gasteiger partial charge < -0.3 is 13.6 Å². The molecule has 0 fully saturated rings. The quantitative estimate of drug-likeness (QED) is 0.236. The highest BCUT2D eigenvalue weighted by Gasteiger charge is 2.44. The molecule has 0 heterocycles. The monoisotopic (exact) mass is 400 g/mol. The first-order valence-electron chi connectivity index (χ1n) is 9.82. The van der Waals surface area contributed by atoms with E-state index in [1.165, 1.54) is 0 Å². The molecule has 0 spiro atoms. The van der Waals surface area contributed by atoms with E-state index in [1.807, 2.05) is 13.0 Å². The van der Waals surface area contributed by atoms with Gasteiger partial charge in [-0.1, -0.05) is 54.5 Å². The lowest BCUT2D eigenvalue weighted by Gasteiger charge is -2.44. The fraction of sp³-hybridized carbons (Fsp3) is 0.857. The average Bonchev–Trinajstić information content (AvgIpc) is 2.43. The van der Waals surface area contributed by atoms with Crippen molar-refractivity contribution in [2.75, 3.05) is 6.61 Å². The zero-order valence-corrected chi connectivity index (χ0v) is 21.3. The molecule has 0 amide bonds. The molecule has 0 aromatic heterocycles. The van der Waals surface area contributed by atoms with Crippen LogP contribution < -0.4 is 0 Å². The van der Waals surface area contributed by atoms with E-state index in [0.717, 1.165) is 12.7 Å². The maximum absolute atomic E-state index is 12.0. The van der Waals surface area contributed by atoms with Gasteiger partial charge in [-0.05, 0) is 49.1 Å². The first-order chi connectivity index (χ1) is 11.4. The second-order valence-corrected chi connectivity index (χ2v) is 20.4. The summed E-state index contributed by atoms with van der Waals surface area (Å²) in [6, 6.07) is 0. The molecular weight excluding hydrogens is 356 g/mol. The third-order valence-electron chi connectivity index (χ3n) is 6.48. The van der Waals surface area contributed by atoms with Crippen LogP contribution in [0.15, 0.2) is 12.7 Å². The fourth-order valence-electron chi connectivity index (χ4n) is 2.26. The summed E-state index contributed by atoms with van der Waals surface area (Å²) in [5.41, 5.74) is -0.561.